The molecule has 30 atom stereocenters. The second kappa shape index (κ2) is 26.9. The Morgan fingerprint density at radius 2 is 0.628 bits per heavy atom. The number of rotatable bonds is 18. The highest BCUT2D eigenvalue weighted by molar-refractivity contribution is 5.98. The van der Waals surface area contributed by atoms with E-state index in [4.69, 9.17) is 47.4 Å². The van der Waals surface area contributed by atoms with Crippen molar-refractivity contribution < 1.29 is 159 Å². The molecular weight excluding hydrogens is 1070 g/mol. The number of aliphatic hydroxyl groups excluding tert-OH is 20. The predicted molar refractivity (Wildman–Crippen MR) is 239 cm³/mol. The lowest BCUT2D eigenvalue weighted by Crippen LogP contribution is -2.65. The number of amides is 2. The minimum atomic E-state index is -1.99. The molecular formula is C44H68N2O32. The summed E-state index contributed by atoms with van der Waals surface area (Å²) in [6.45, 7) is -4.96. The Morgan fingerprint density at radius 3 is 0.949 bits per heavy atom. The van der Waals surface area contributed by atoms with Gasteiger partial charge < -0.3 is 160 Å². The summed E-state index contributed by atoms with van der Waals surface area (Å²) in [6.07, 6.45) is -53.8. The van der Waals surface area contributed by atoms with Crippen LogP contribution in [0.3, 0.4) is 0 Å². The number of hydrogen-bond donors (Lipinski definition) is 22. The molecule has 34 heteroatoms. The summed E-state index contributed by atoms with van der Waals surface area (Å²) in [5.41, 5.74) is -0.340. The van der Waals surface area contributed by atoms with Gasteiger partial charge >= 0.3 is 0 Å². The van der Waals surface area contributed by atoms with Crippen LogP contribution in [0.25, 0.3) is 0 Å². The molecule has 0 unspecified atom stereocenters. The lowest BCUT2D eigenvalue weighted by atomic mass is 9.96. The molecule has 2 amide bonds. The third-order valence-corrected chi connectivity index (χ3v) is 14.2. The van der Waals surface area contributed by atoms with Crippen molar-refractivity contribution in [3.05, 3.63) is 35.4 Å². The number of benzene rings is 1. The summed E-state index contributed by atoms with van der Waals surface area (Å²) >= 11 is 0. The summed E-state index contributed by atoms with van der Waals surface area (Å²) in [5, 5.41) is 213. The molecule has 446 valence electrons. The molecule has 0 bridgehead atoms. The molecule has 1 aromatic carbocycles. The number of carbonyl (C=O) groups excluding carboxylic acids is 2. The van der Waals surface area contributed by atoms with Crippen molar-refractivity contribution in [1.82, 2.24) is 10.6 Å². The second-order valence-electron chi connectivity index (χ2n) is 19.3. The van der Waals surface area contributed by atoms with E-state index in [0.29, 0.717) is 0 Å². The van der Waals surface area contributed by atoms with Gasteiger partial charge in [-0.3, -0.25) is 9.59 Å². The Labute approximate surface area is 440 Å². The van der Waals surface area contributed by atoms with Crippen LogP contribution >= 0.6 is 0 Å². The molecule has 1 aromatic rings. The maximum Gasteiger partial charge on any atom is 0.253 e. The maximum absolute atomic E-state index is 13.3. The first kappa shape index (κ1) is 62.6. The Morgan fingerprint density at radius 1 is 0.346 bits per heavy atom. The van der Waals surface area contributed by atoms with Gasteiger partial charge in [-0.25, -0.2) is 0 Å². The number of nitrogens with one attached hydrogen (secondary N) is 2. The van der Waals surface area contributed by atoms with Gasteiger partial charge in [0.2, 0.25) is 0 Å². The van der Waals surface area contributed by atoms with E-state index in [-0.39, 0.29) is 11.1 Å². The smallest absolute Gasteiger partial charge is 0.253 e. The Kier molecular flexibility index (Phi) is 21.6. The molecule has 6 fully saturated rings. The molecule has 0 aromatic heterocycles. The number of aliphatic hydroxyl groups is 20. The molecule has 6 saturated heterocycles. The molecule has 78 heavy (non-hydrogen) atoms. The first-order chi connectivity index (χ1) is 37.0. The maximum atomic E-state index is 13.3. The van der Waals surface area contributed by atoms with Gasteiger partial charge in [0.15, 0.2) is 37.6 Å². The fourth-order valence-electron chi connectivity index (χ4n) is 9.38. The van der Waals surface area contributed by atoms with E-state index < -0.39 is 236 Å². The molecule has 0 spiro atoms. The summed E-state index contributed by atoms with van der Waals surface area (Å²) in [7, 11) is 0. The van der Waals surface area contributed by atoms with Crippen LogP contribution in [0.1, 0.15) is 20.7 Å². The van der Waals surface area contributed by atoms with E-state index in [1.54, 1.807) is 0 Å². The van der Waals surface area contributed by atoms with Crippen molar-refractivity contribution in [3.8, 4) is 0 Å². The molecule has 6 heterocycles. The van der Waals surface area contributed by atoms with E-state index in [2.05, 4.69) is 10.6 Å². The molecule has 0 aliphatic carbocycles. The number of carbonyl (C=O) groups is 2. The van der Waals surface area contributed by atoms with Crippen LogP contribution in [0.4, 0.5) is 0 Å². The van der Waals surface area contributed by atoms with Gasteiger partial charge in [0.25, 0.3) is 11.8 Å². The molecule has 0 radical (unpaired) electrons. The minimum absolute atomic E-state index is 0.170. The van der Waals surface area contributed by atoms with Crippen molar-refractivity contribution in [2.45, 2.75) is 184 Å². The molecule has 34 nitrogen and oxygen atoms in total. The summed E-state index contributed by atoms with van der Waals surface area (Å²) in [4.78, 5) is 26.7. The second-order valence-corrected chi connectivity index (χ2v) is 19.3. The zero-order valence-corrected chi connectivity index (χ0v) is 40.7. The van der Waals surface area contributed by atoms with Gasteiger partial charge in [-0.2, -0.15) is 0 Å². The van der Waals surface area contributed by atoms with Gasteiger partial charge in [0.1, 0.15) is 146 Å². The lowest BCUT2D eigenvalue weighted by Gasteiger charge is -2.46. The third kappa shape index (κ3) is 13.2. The Bertz CT molecular complexity index is 1920. The molecule has 0 saturated carbocycles. The first-order valence-electron chi connectivity index (χ1n) is 24.5. The van der Waals surface area contributed by atoms with Crippen molar-refractivity contribution in [3.63, 3.8) is 0 Å². The van der Waals surface area contributed by atoms with Gasteiger partial charge in [0, 0.05) is 11.1 Å². The SMILES string of the molecule is O=C(N[C@@H]1O[C@H](CO[C@@H]2O[C@H](CO)[C@@H](O[C@@H]3O[C@H](CO)[C@H](O)[C@H](O)[C@H]3O)[C@H](O)[C@H]2O)[C@@H](O)[C@H](O)[C@H]1O)c1ccc(C(=O)N[C@@H]2O[C@H](CO[C@@H]3O[C@H](CO)[C@@H](O[C@@H]4O[C@H](CO)[C@H](O)[C@H](O)[C@H]4O)[C@H](O)[C@H]3O)[C@@H](O)[C@H](O)[C@H]2O)cc1. The highest BCUT2D eigenvalue weighted by Gasteiger charge is 2.54. The lowest BCUT2D eigenvalue weighted by molar-refractivity contribution is -0.362. The largest absolute Gasteiger partial charge is 0.394 e. The van der Waals surface area contributed by atoms with E-state index in [1.807, 2.05) is 0 Å². The minimum Gasteiger partial charge on any atom is -0.394 e. The highest BCUT2D eigenvalue weighted by Crippen LogP contribution is 2.33. The number of ether oxygens (including phenoxy) is 10. The average molecular weight is 1140 g/mol. The topological polar surface area (TPSA) is 555 Å². The number of hydrogen-bond acceptors (Lipinski definition) is 32. The van der Waals surface area contributed by atoms with Crippen LogP contribution in [-0.4, -0.2) is 338 Å². The molecule has 7 rings (SSSR count). The van der Waals surface area contributed by atoms with Gasteiger partial charge in [0.05, 0.1) is 39.6 Å². The Hall–Kier alpha value is -3.04. The fraction of sp³-hybridized carbons (Fsp3) is 0.818. The van der Waals surface area contributed by atoms with E-state index in [1.165, 1.54) is 0 Å². The molecule has 6 aliphatic heterocycles. The average Bonchev–Trinajstić information content (AvgIpc) is 3.49. The van der Waals surface area contributed by atoms with Crippen molar-refractivity contribution in [1.29, 1.82) is 0 Å². The van der Waals surface area contributed by atoms with Crippen molar-refractivity contribution >= 4 is 11.8 Å². The van der Waals surface area contributed by atoms with Crippen LogP contribution in [0.2, 0.25) is 0 Å². The van der Waals surface area contributed by atoms with E-state index in [0.717, 1.165) is 24.3 Å². The van der Waals surface area contributed by atoms with Gasteiger partial charge in [-0.15, -0.1) is 0 Å². The third-order valence-electron chi connectivity index (χ3n) is 14.2. The zero-order valence-electron chi connectivity index (χ0n) is 40.7. The molecule has 6 aliphatic rings. The van der Waals surface area contributed by atoms with E-state index >= 15 is 0 Å². The van der Waals surface area contributed by atoms with Gasteiger partial charge in [-0.05, 0) is 24.3 Å². The normalized spacial score (nSPS) is 47.3. The standard InChI is InChI=1S/C44H68N2O32/c47-5-13-19(51)25(57)31(63)43(73-13)77-35-15(7-49)75-41(33(65)27(35)59)69-9-17-21(53)23(55)29(61)39(71-17)45-37(67)11-1-2-12(4-3-11)38(68)46-40-30(62)24(56)22(54)18(72-40)10-70-42-34(66)28(60)36(16(8-50)76-42)78-44-32(64)26(58)20(52)14(6-48)74-44/h1-4,13-36,39-44,47-66H,5-10H2,(H,45,67)(H,46,68)/t13-,14-,15-,16-,17-,18-,19+,20+,21-,22-,23+,24+,25+,26+,27-,28-,29-,30-,31-,32-,33-,34-,35-,36-,39-,40-,41-,42-,43+,44+/m1/s1. The van der Waals surface area contributed by atoms with Gasteiger partial charge in [-0.1, -0.05) is 0 Å². The van der Waals surface area contributed by atoms with Crippen LogP contribution < -0.4 is 10.6 Å². The summed E-state index contributed by atoms with van der Waals surface area (Å²) < 4.78 is 55.0. The monoisotopic (exact) mass is 1140 g/mol. The van der Waals surface area contributed by atoms with Crippen molar-refractivity contribution in [2.24, 2.45) is 0 Å². The van der Waals surface area contributed by atoms with Crippen LogP contribution in [0.5, 0.6) is 0 Å². The van der Waals surface area contributed by atoms with Crippen molar-refractivity contribution in [2.75, 3.05) is 39.6 Å². The highest BCUT2D eigenvalue weighted by atomic mass is 16.8. The van der Waals surface area contributed by atoms with Crippen LogP contribution in [-0.2, 0) is 47.4 Å². The Balaban J connectivity index is 0.900. The predicted octanol–water partition coefficient (Wildman–Crippen LogP) is -14.0. The van der Waals surface area contributed by atoms with Crippen LogP contribution in [0.15, 0.2) is 24.3 Å². The summed E-state index contributed by atoms with van der Waals surface area (Å²) in [5.74, 6) is -1.93. The fourth-order valence-corrected chi connectivity index (χ4v) is 9.38. The quantitative estimate of drug-likeness (QED) is 0.0649. The zero-order chi connectivity index (χ0) is 57.2. The van der Waals surface area contributed by atoms with E-state index in [9.17, 15) is 112 Å². The first-order valence-corrected chi connectivity index (χ1v) is 24.5. The molecule has 22 N–H and O–H groups in total. The van der Waals surface area contributed by atoms with Crippen LogP contribution in [0, 0.1) is 0 Å². The summed E-state index contributed by atoms with van der Waals surface area (Å²) in [6, 6.07) is 4.50.